The molecule has 0 unspecified atom stereocenters. The molecule has 0 aliphatic carbocycles. The van der Waals surface area contributed by atoms with Gasteiger partial charge in [-0.1, -0.05) is 0 Å². The lowest BCUT2D eigenvalue weighted by atomic mass is 10.1. The number of aliphatic hydroxyl groups excluding tert-OH is 2. The number of rotatable bonds is 17. The number of amides is 8. The average molecular weight is 686 g/mol. The Balaban J connectivity index is 1.85. The number of aliphatic hydroxyl groups is 2. The maximum absolute atomic E-state index is 12.9. The third-order valence-corrected chi connectivity index (χ3v) is 7.59. The first kappa shape index (κ1) is 39.3. The molecule has 21 nitrogen and oxygen atoms in total. The van der Waals surface area contributed by atoms with Gasteiger partial charge in [0.25, 0.3) is 0 Å². The first-order valence-corrected chi connectivity index (χ1v) is 15.2. The molecule has 8 amide bonds. The smallest absolute Gasteiger partial charge is 0.325 e. The van der Waals surface area contributed by atoms with E-state index >= 15 is 0 Å². The van der Waals surface area contributed by atoms with E-state index in [0.29, 0.717) is 12.8 Å². The number of carboxylic acids is 1. The molecule has 2 saturated heterocycles. The number of nitrogens with two attached hydrogens (primary N) is 1. The second-order valence-electron chi connectivity index (χ2n) is 11.0. The zero-order valence-corrected chi connectivity index (χ0v) is 26.4. The number of nitrogens with zero attached hydrogens (tertiary/aromatic N) is 2. The van der Waals surface area contributed by atoms with Crippen LogP contribution in [0.1, 0.15) is 32.6 Å². The molecule has 48 heavy (non-hydrogen) atoms. The Kier molecular flexibility index (Phi) is 15.6. The molecule has 2 aliphatic heterocycles. The molecular weight excluding hydrogens is 642 g/mol. The van der Waals surface area contributed by atoms with Crippen LogP contribution in [0.3, 0.4) is 0 Å². The highest BCUT2D eigenvalue weighted by Gasteiger charge is 2.37. The van der Waals surface area contributed by atoms with Crippen molar-refractivity contribution in [3.63, 3.8) is 0 Å². The monoisotopic (exact) mass is 685 g/mol. The molecule has 0 bridgehead atoms. The highest BCUT2D eigenvalue weighted by Crippen LogP contribution is 2.18. The van der Waals surface area contributed by atoms with Gasteiger partial charge in [0, 0.05) is 13.1 Å². The molecule has 0 saturated carbocycles. The summed E-state index contributed by atoms with van der Waals surface area (Å²) in [6.07, 6.45) is 1.44. The van der Waals surface area contributed by atoms with Gasteiger partial charge < -0.3 is 62.8 Å². The van der Waals surface area contributed by atoms with E-state index in [1.165, 1.54) is 16.7 Å². The second-order valence-corrected chi connectivity index (χ2v) is 11.0. The summed E-state index contributed by atoms with van der Waals surface area (Å²) in [6, 6.07) is -6.17. The zero-order chi connectivity index (χ0) is 36.0. The fourth-order valence-corrected chi connectivity index (χ4v) is 4.97. The predicted octanol–water partition coefficient (Wildman–Crippen LogP) is -7.18. The van der Waals surface area contributed by atoms with E-state index in [1.54, 1.807) is 0 Å². The van der Waals surface area contributed by atoms with Crippen LogP contribution in [0.4, 0.5) is 0 Å². The van der Waals surface area contributed by atoms with Crippen molar-refractivity contribution < 1.29 is 58.5 Å². The first-order valence-electron chi connectivity index (χ1n) is 15.2. The first-order chi connectivity index (χ1) is 22.7. The number of nitrogens with one attached hydrogen (secondary N) is 6. The number of carbonyl (C=O) groups excluding carboxylic acids is 8. The van der Waals surface area contributed by atoms with E-state index in [-0.39, 0.29) is 39.0 Å². The van der Waals surface area contributed by atoms with Crippen molar-refractivity contribution in [1.29, 1.82) is 0 Å². The molecule has 2 rings (SSSR count). The predicted molar refractivity (Wildman–Crippen MR) is 161 cm³/mol. The number of hydrogen-bond donors (Lipinski definition) is 10. The summed E-state index contributed by atoms with van der Waals surface area (Å²) in [5.74, 6) is -7.21. The van der Waals surface area contributed by atoms with Gasteiger partial charge in [0.15, 0.2) is 0 Å². The molecule has 0 radical (unpaired) electrons. The van der Waals surface area contributed by atoms with Crippen LogP contribution >= 0.6 is 0 Å². The lowest BCUT2D eigenvalue weighted by Gasteiger charge is -2.26. The SMILES string of the molecule is C[C@H](NC(=O)[C@H](CO)NC(=O)CNC(=O)[C@@H]1CCCN1C(=O)CNC(=O)[C@H](CO)NC(=O)[C@@H]1CCCN1C(=O)CNC(=O)CN)C(=O)O. The van der Waals surface area contributed by atoms with Gasteiger partial charge in [-0.15, -0.1) is 0 Å². The number of hydrogen-bond acceptors (Lipinski definition) is 12. The number of aliphatic carboxylic acids is 1. The number of carboxylic acid groups (broad SMARTS) is 1. The summed E-state index contributed by atoms with van der Waals surface area (Å²) >= 11 is 0. The molecular formula is C27H43N9O12. The molecule has 5 atom stereocenters. The van der Waals surface area contributed by atoms with Gasteiger partial charge in [-0.3, -0.25) is 43.2 Å². The largest absolute Gasteiger partial charge is 0.480 e. The standard InChI is InChI=1S/C27H43N9O12/c1-14(27(47)48)32-24(44)16(13-38)33-20(40)9-30-25(45)17-4-2-6-35(17)22(42)11-31-23(43)15(12-37)34-26(46)18-5-3-7-36(18)21(41)10-29-19(39)8-28/h14-18,37-38H,2-13,28H2,1H3,(H,29,39)(H,30,45)(H,31,43)(H,32,44)(H,33,40)(H,34,46)(H,47,48)/t14-,15-,16-,17-,18-/m0/s1. The second kappa shape index (κ2) is 19.1. The van der Waals surface area contributed by atoms with Crippen molar-refractivity contribution in [2.75, 3.05) is 52.5 Å². The molecule has 2 fully saturated rings. The van der Waals surface area contributed by atoms with Gasteiger partial charge in [-0.05, 0) is 32.6 Å². The quantitative estimate of drug-likeness (QED) is 0.0681. The summed E-state index contributed by atoms with van der Waals surface area (Å²) in [7, 11) is 0. The van der Waals surface area contributed by atoms with Gasteiger partial charge in [-0.2, -0.15) is 0 Å². The van der Waals surface area contributed by atoms with Gasteiger partial charge in [0.05, 0.1) is 39.4 Å². The fourth-order valence-electron chi connectivity index (χ4n) is 4.97. The normalized spacial score (nSPS) is 18.9. The summed E-state index contributed by atoms with van der Waals surface area (Å²) in [5, 5.41) is 41.6. The van der Waals surface area contributed by atoms with Crippen LogP contribution < -0.4 is 37.6 Å². The highest BCUT2D eigenvalue weighted by molar-refractivity contribution is 5.96. The molecule has 0 aromatic rings. The molecule has 0 aromatic heterocycles. The van der Waals surface area contributed by atoms with Gasteiger partial charge >= 0.3 is 5.97 Å². The molecule has 21 heteroatoms. The van der Waals surface area contributed by atoms with Crippen molar-refractivity contribution in [3.8, 4) is 0 Å². The molecule has 2 heterocycles. The Hall–Kier alpha value is -4.89. The van der Waals surface area contributed by atoms with Gasteiger partial charge in [0.1, 0.15) is 30.2 Å². The van der Waals surface area contributed by atoms with E-state index in [0.717, 1.165) is 0 Å². The number of carbonyl (C=O) groups is 9. The Morgan fingerprint density at radius 2 is 1.21 bits per heavy atom. The van der Waals surface area contributed by atoms with Crippen LogP contribution in [0.2, 0.25) is 0 Å². The fraction of sp³-hybridized carbons (Fsp3) is 0.667. The van der Waals surface area contributed by atoms with Gasteiger partial charge in [0.2, 0.25) is 47.3 Å². The molecule has 11 N–H and O–H groups in total. The lowest BCUT2D eigenvalue weighted by molar-refractivity contribution is -0.142. The maximum Gasteiger partial charge on any atom is 0.325 e. The molecule has 268 valence electrons. The lowest BCUT2D eigenvalue weighted by Crippen LogP contribution is -2.56. The van der Waals surface area contributed by atoms with Crippen molar-refractivity contribution in [2.24, 2.45) is 5.73 Å². The van der Waals surface area contributed by atoms with E-state index in [1.807, 2.05) is 0 Å². The Labute approximate surface area is 274 Å². The van der Waals surface area contributed by atoms with Crippen molar-refractivity contribution >= 4 is 53.2 Å². The van der Waals surface area contributed by atoms with Crippen LogP contribution in [0.15, 0.2) is 0 Å². The molecule has 0 spiro atoms. The van der Waals surface area contributed by atoms with Crippen LogP contribution in [-0.2, 0) is 43.2 Å². The Bertz CT molecular complexity index is 1250. The summed E-state index contributed by atoms with van der Waals surface area (Å²) in [4.78, 5) is 113. The summed E-state index contributed by atoms with van der Waals surface area (Å²) in [5.41, 5.74) is 5.20. The van der Waals surface area contributed by atoms with Crippen molar-refractivity contribution in [1.82, 2.24) is 41.7 Å². The van der Waals surface area contributed by atoms with Crippen LogP contribution in [-0.4, -0.2) is 161 Å². The van der Waals surface area contributed by atoms with E-state index < -0.39 is 110 Å². The third-order valence-electron chi connectivity index (χ3n) is 7.59. The van der Waals surface area contributed by atoms with E-state index in [9.17, 15) is 53.4 Å². The third kappa shape index (κ3) is 11.4. The van der Waals surface area contributed by atoms with Crippen molar-refractivity contribution in [3.05, 3.63) is 0 Å². The minimum absolute atomic E-state index is 0.158. The Morgan fingerprint density at radius 3 is 1.73 bits per heavy atom. The van der Waals surface area contributed by atoms with E-state index in [4.69, 9.17) is 10.8 Å². The average Bonchev–Trinajstić information content (AvgIpc) is 3.76. The minimum Gasteiger partial charge on any atom is -0.480 e. The summed E-state index contributed by atoms with van der Waals surface area (Å²) in [6.45, 7) is -1.99. The van der Waals surface area contributed by atoms with Crippen LogP contribution in [0.25, 0.3) is 0 Å². The Morgan fingerprint density at radius 1 is 0.688 bits per heavy atom. The topological polar surface area (TPSA) is 319 Å². The molecule has 2 aliphatic rings. The highest BCUT2D eigenvalue weighted by atomic mass is 16.4. The molecule has 0 aromatic carbocycles. The maximum atomic E-state index is 12.9. The zero-order valence-electron chi connectivity index (χ0n) is 26.4. The number of likely N-dealkylation sites (tertiary alicyclic amines) is 2. The van der Waals surface area contributed by atoms with Crippen molar-refractivity contribution in [2.45, 2.75) is 62.8 Å². The van der Waals surface area contributed by atoms with Gasteiger partial charge in [-0.25, -0.2) is 0 Å². The van der Waals surface area contributed by atoms with Crippen LogP contribution in [0, 0.1) is 0 Å². The van der Waals surface area contributed by atoms with E-state index in [2.05, 4.69) is 31.9 Å². The minimum atomic E-state index is -1.48. The summed E-state index contributed by atoms with van der Waals surface area (Å²) < 4.78 is 0. The van der Waals surface area contributed by atoms with Crippen LogP contribution in [0.5, 0.6) is 0 Å².